The van der Waals surface area contributed by atoms with Crippen LogP contribution in [0.4, 0.5) is 0 Å². The third kappa shape index (κ3) is 2.74. The van der Waals surface area contributed by atoms with E-state index >= 15 is 0 Å². The molecule has 0 aliphatic carbocycles. The molecule has 0 aromatic carbocycles. The number of aryl methyl sites for hydroxylation is 2. The molecule has 0 radical (unpaired) electrons. The van der Waals surface area contributed by atoms with E-state index in [9.17, 15) is 0 Å². The van der Waals surface area contributed by atoms with Crippen LogP contribution in [0.3, 0.4) is 0 Å². The minimum absolute atomic E-state index is 0.403. The maximum Gasteiger partial charge on any atom is 0.131 e. The highest BCUT2D eigenvalue weighted by Gasteiger charge is 2.32. The maximum atomic E-state index is 6.44. The summed E-state index contributed by atoms with van der Waals surface area (Å²) in [4.78, 5) is 2.55. The van der Waals surface area contributed by atoms with Gasteiger partial charge in [-0.25, -0.2) is 0 Å². The first-order valence-electron chi connectivity index (χ1n) is 7.71. The van der Waals surface area contributed by atoms with Gasteiger partial charge < -0.3 is 4.74 Å². The second-order valence-corrected chi connectivity index (χ2v) is 6.41. The Morgan fingerprint density at radius 1 is 1.30 bits per heavy atom. The Bertz CT molecular complexity index is 468. The molecule has 0 amide bonds. The van der Waals surface area contributed by atoms with Crippen LogP contribution >= 0.6 is 11.6 Å². The number of aromatic nitrogens is 2. The van der Waals surface area contributed by atoms with E-state index in [1.54, 1.807) is 4.68 Å². The lowest BCUT2D eigenvalue weighted by Crippen LogP contribution is -2.35. The number of hydrogen-bond acceptors (Lipinski definition) is 3. The van der Waals surface area contributed by atoms with Crippen LogP contribution in [0, 0.1) is 6.92 Å². The van der Waals surface area contributed by atoms with Crippen LogP contribution < -0.4 is 0 Å². The van der Waals surface area contributed by atoms with Crippen molar-refractivity contribution in [3.8, 4) is 0 Å². The molecule has 3 rings (SSSR count). The second kappa shape index (κ2) is 6.04. The summed E-state index contributed by atoms with van der Waals surface area (Å²) in [6, 6.07) is 0.418. The summed E-state index contributed by atoms with van der Waals surface area (Å²) < 4.78 is 7.69. The van der Waals surface area contributed by atoms with Crippen LogP contribution in [0.5, 0.6) is 0 Å². The van der Waals surface area contributed by atoms with E-state index in [0.29, 0.717) is 12.1 Å². The summed E-state index contributed by atoms with van der Waals surface area (Å²) >= 11 is 6.44. The van der Waals surface area contributed by atoms with E-state index in [2.05, 4.69) is 16.9 Å². The monoisotopic (exact) mass is 297 g/mol. The lowest BCUT2D eigenvalue weighted by Gasteiger charge is -2.31. The van der Waals surface area contributed by atoms with Crippen molar-refractivity contribution in [3.63, 3.8) is 0 Å². The third-order valence-corrected chi connectivity index (χ3v) is 5.05. The highest BCUT2D eigenvalue weighted by molar-refractivity contribution is 6.30. The smallest absolute Gasteiger partial charge is 0.131 e. The fraction of sp³-hybridized carbons (Fsp3) is 0.800. The molecule has 1 aromatic heterocycles. The number of rotatable bonds is 3. The highest BCUT2D eigenvalue weighted by Crippen LogP contribution is 2.37. The van der Waals surface area contributed by atoms with Crippen molar-refractivity contribution in [2.75, 3.05) is 19.7 Å². The quantitative estimate of drug-likeness (QED) is 0.859. The summed E-state index contributed by atoms with van der Waals surface area (Å²) in [5.41, 5.74) is 2.29. The summed E-state index contributed by atoms with van der Waals surface area (Å²) in [6.45, 7) is 5.18. The minimum Gasteiger partial charge on any atom is -0.377 e. The molecule has 0 unspecified atom stereocenters. The Kier molecular flexibility index (Phi) is 4.34. The summed E-state index contributed by atoms with van der Waals surface area (Å²) in [5.74, 6) is 0. The number of nitrogens with zero attached hydrogens (tertiary/aromatic N) is 3. The second-order valence-electron chi connectivity index (χ2n) is 6.06. The van der Waals surface area contributed by atoms with Crippen molar-refractivity contribution in [1.82, 2.24) is 14.7 Å². The van der Waals surface area contributed by atoms with Gasteiger partial charge in [0, 0.05) is 31.8 Å². The Balaban J connectivity index is 1.74. The van der Waals surface area contributed by atoms with Crippen LogP contribution in [-0.4, -0.2) is 40.5 Å². The molecular weight excluding hydrogens is 274 g/mol. The van der Waals surface area contributed by atoms with Gasteiger partial charge in [-0.15, -0.1) is 0 Å². The summed E-state index contributed by atoms with van der Waals surface area (Å²) in [5, 5.41) is 5.26. The maximum absolute atomic E-state index is 6.44. The number of hydrogen-bond donors (Lipinski definition) is 0. The van der Waals surface area contributed by atoms with Gasteiger partial charge in [0.25, 0.3) is 0 Å². The normalized spacial score (nSPS) is 28.1. The number of ether oxygens (including phenoxy) is 1. The first kappa shape index (κ1) is 14.4. The highest BCUT2D eigenvalue weighted by atomic mass is 35.5. The lowest BCUT2D eigenvalue weighted by atomic mass is 10.0. The Morgan fingerprint density at radius 2 is 2.15 bits per heavy atom. The van der Waals surface area contributed by atoms with Crippen LogP contribution in [0.15, 0.2) is 0 Å². The first-order valence-corrected chi connectivity index (χ1v) is 8.09. The van der Waals surface area contributed by atoms with Gasteiger partial charge in [-0.1, -0.05) is 11.6 Å². The zero-order chi connectivity index (χ0) is 14.1. The van der Waals surface area contributed by atoms with E-state index in [1.165, 1.54) is 37.7 Å². The predicted molar refractivity (Wildman–Crippen MR) is 80.1 cm³/mol. The van der Waals surface area contributed by atoms with Crippen molar-refractivity contribution in [2.45, 2.75) is 51.2 Å². The first-order chi connectivity index (χ1) is 9.66. The van der Waals surface area contributed by atoms with E-state index in [4.69, 9.17) is 16.3 Å². The van der Waals surface area contributed by atoms with Crippen LogP contribution in [0.1, 0.15) is 49.4 Å². The average molecular weight is 298 g/mol. The molecule has 0 saturated carbocycles. The lowest BCUT2D eigenvalue weighted by molar-refractivity contribution is -0.00809. The van der Waals surface area contributed by atoms with Gasteiger partial charge in [-0.05, 0) is 45.6 Å². The van der Waals surface area contributed by atoms with Crippen LogP contribution in [0.25, 0.3) is 0 Å². The van der Waals surface area contributed by atoms with Crippen molar-refractivity contribution >= 4 is 11.6 Å². The molecular formula is C15H24ClN3O. The molecule has 112 valence electrons. The molecule has 20 heavy (non-hydrogen) atoms. The molecule has 0 spiro atoms. The van der Waals surface area contributed by atoms with Crippen molar-refractivity contribution < 1.29 is 4.74 Å². The van der Waals surface area contributed by atoms with Gasteiger partial charge >= 0.3 is 0 Å². The Labute approximate surface area is 126 Å². The summed E-state index contributed by atoms with van der Waals surface area (Å²) in [7, 11) is 1.92. The molecule has 5 heteroatoms. The van der Waals surface area contributed by atoms with Gasteiger partial charge in [0.05, 0.1) is 11.8 Å². The average Bonchev–Trinajstić information content (AvgIpc) is 2.97. The standard InChI is InChI=1S/C15H24ClN3O/c1-11-14(15(16)18(2)17-11)13-7-5-8-19(13)10-12-6-3-4-9-20-12/h12-13H,3-10H2,1-2H3/t12-,13+/m0/s1. The van der Waals surface area contributed by atoms with Gasteiger partial charge in [0.1, 0.15) is 5.15 Å². The molecule has 4 nitrogen and oxygen atoms in total. The molecule has 0 N–H and O–H groups in total. The molecule has 0 bridgehead atoms. The molecule has 2 aliphatic heterocycles. The zero-order valence-corrected chi connectivity index (χ0v) is 13.2. The SMILES string of the molecule is Cc1nn(C)c(Cl)c1[C@H]1CCCN1C[C@@H]1CCCCO1. The van der Waals surface area contributed by atoms with Crippen LogP contribution in [-0.2, 0) is 11.8 Å². The molecule has 2 atom stereocenters. The molecule has 2 aliphatic rings. The Hall–Kier alpha value is -0.580. The molecule has 2 saturated heterocycles. The largest absolute Gasteiger partial charge is 0.377 e. The van der Waals surface area contributed by atoms with Gasteiger partial charge in [0.15, 0.2) is 0 Å². The fourth-order valence-corrected chi connectivity index (χ4v) is 3.91. The number of likely N-dealkylation sites (tertiary alicyclic amines) is 1. The summed E-state index contributed by atoms with van der Waals surface area (Å²) in [6.07, 6.45) is 6.54. The molecule has 1 aromatic rings. The van der Waals surface area contributed by atoms with Crippen molar-refractivity contribution in [2.24, 2.45) is 7.05 Å². The molecule has 3 heterocycles. The Morgan fingerprint density at radius 3 is 2.80 bits per heavy atom. The van der Waals surface area contributed by atoms with Gasteiger partial charge in [-0.3, -0.25) is 9.58 Å². The topological polar surface area (TPSA) is 30.3 Å². The zero-order valence-electron chi connectivity index (χ0n) is 12.4. The van der Waals surface area contributed by atoms with E-state index in [-0.39, 0.29) is 0 Å². The predicted octanol–water partition coefficient (Wildman–Crippen LogP) is 3.09. The fourth-order valence-electron chi connectivity index (χ4n) is 3.61. The third-order valence-electron chi connectivity index (χ3n) is 4.61. The van der Waals surface area contributed by atoms with Gasteiger partial charge in [0.2, 0.25) is 0 Å². The van der Waals surface area contributed by atoms with Crippen molar-refractivity contribution in [3.05, 3.63) is 16.4 Å². The van der Waals surface area contributed by atoms with Gasteiger partial charge in [-0.2, -0.15) is 5.10 Å². The van der Waals surface area contributed by atoms with E-state index < -0.39 is 0 Å². The van der Waals surface area contributed by atoms with Crippen molar-refractivity contribution in [1.29, 1.82) is 0 Å². The minimum atomic E-state index is 0.403. The van der Waals surface area contributed by atoms with E-state index in [0.717, 1.165) is 30.5 Å². The number of halogens is 1. The van der Waals surface area contributed by atoms with Crippen LogP contribution in [0.2, 0.25) is 5.15 Å². The molecule has 2 fully saturated rings. The van der Waals surface area contributed by atoms with E-state index in [1.807, 2.05) is 7.05 Å².